The molecule has 2 radical (unpaired) electrons. The van der Waals surface area contributed by atoms with Crippen LogP contribution in [-0.4, -0.2) is 0 Å². The van der Waals surface area contributed by atoms with Crippen LogP contribution in [0, 0.1) is 13.2 Å². The van der Waals surface area contributed by atoms with E-state index >= 15 is 0 Å². The van der Waals surface area contributed by atoms with Crippen molar-refractivity contribution in [3.63, 3.8) is 0 Å². The van der Waals surface area contributed by atoms with Crippen molar-refractivity contribution in [3.05, 3.63) is 23.0 Å². The van der Waals surface area contributed by atoms with Gasteiger partial charge in [0, 0.05) is 9.81 Å². The predicted octanol–water partition coefficient (Wildman–Crippen LogP) is 1.37. The first kappa shape index (κ1) is 3.04. The van der Waals surface area contributed by atoms with Gasteiger partial charge in [0.15, 0.2) is 0 Å². The highest BCUT2D eigenvalue weighted by Gasteiger charge is 2.15. The summed E-state index contributed by atoms with van der Waals surface area (Å²) in [6.07, 6.45) is 0. The molecule has 0 aromatic carbocycles. The molecule has 0 N–H and O–H groups in total. The summed E-state index contributed by atoms with van der Waals surface area (Å²) in [5.74, 6) is 0. The van der Waals surface area contributed by atoms with Gasteiger partial charge in [-0.1, -0.05) is 11.8 Å². The monoisotopic (exact) mass is 82.0 g/mol. The van der Waals surface area contributed by atoms with Gasteiger partial charge in [0.25, 0.3) is 0 Å². The summed E-state index contributed by atoms with van der Waals surface area (Å²) in [5, 5.41) is 0. The zero-order chi connectivity index (χ0) is 3.86. The van der Waals surface area contributed by atoms with Crippen LogP contribution in [0.15, 0.2) is 9.81 Å². The zero-order valence-electron chi connectivity index (χ0n) is 2.56. The van der Waals surface area contributed by atoms with Crippen LogP contribution in [0.2, 0.25) is 0 Å². The molecule has 0 amide bonds. The Kier molecular flexibility index (Phi) is 0.399. The molecule has 1 aliphatic rings. The second-order valence-corrected chi connectivity index (χ2v) is 1.91. The van der Waals surface area contributed by atoms with Gasteiger partial charge in [-0.05, 0) is 13.2 Å². The quantitative estimate of drug-likeness (QED) is 0.398. The van der Waals surface area contributed by atoms with Crippen molar-refractivity contribution in [2.45, 2.75) is 0 Å². The summed E-state index contributed by atoms with van der Waals surface area (Å²) < 4.78 is 0. The molecule has 1 heteroatoms. The third kappa shape index (κ3) is 0.377. The molecule has 0 saturated carbocycles. The van der Waals surface area contributed by atoms with E-state index in [1.165, 1.54) is 11.8 Å². The van der Waals surface area contributed by atoms with Gasteiger partial charge < -0.3 is 0 Å². The Balaban J connectivity index is 2.81. The van der Waals surface area contributed by atoms with Gasteiger partial charge in [-0.2, -0.15) is 0 Å². The number of rotatable bonds is 0. The van der Waals surface area contributed by atoms with Gasteiger partial charge in [0.05, 0.1) is 0 Å². The first-order valence-electron chi connectivity index (χ1n) is 1.24. The summed E-state index contributed by atoms with van der Waals surface area (Å²) in [5.41, 5.74) is 0. The second kappa shape index (κ2) is 0.658. The molecule has 1 saturated heterocycles. The fourth-order valence-electron chi connectivity index (χ4n) is 0.0929. The lowest BCUT2D eigenvalue weighted by Gasteiger charge is -1.35. The molecule has 0 aromatic rings. The topological polar surface area (TPSA) is 0 Å². The van der Waals surface area contributed by atoms with Crippen LogP contribution in [0.3, 0.4) is 0 Å². The van der Waals surface area contributed by atoms with Crippen molar-refractivity contribution in [2.24, 2.45) is 0 Å². The summed E-state index contributed by atoms with van der Waals surface area (Å²) in [7, 11) is 0. The van der Waals surface area contributed by atoms with Gasteiger partial charge in [-0.3, -0.25) is 0 Å². The molecule has 0 nitrogen and oxygen atoms in total. The van der Waals surface area contributed by atoms with E-state index in [2.05, 4.69) is 0 Å². The van der Waals surface area contributed by atoms with Crippen LogP contribution in [0.5, 0.6) is 0 Å². The molecule has 24 valence electrons. The van der Waals surface area contributed by atoms with Crippen molar-refractivity contribution in [3.8, 4) is 0 Å². The maximum absolute atomic E-state index is 5.08. The molecule has 0 spiro atoms. The molecule has 0 unspecified atom stereocenters. The molecule has 1 fully saturated rings. The first-order valence-corrected chi connectivity index (χ1v) is 2.05. The van der Waals surface area contributed by atoms with Gasteiger partial charge in [0.2, 0.25) is 0 Å². The molecular formula is C4H2S. The second-order valence-electron chi connectivity index (χ2n) is 0.831. The van der Waals surface area contributed by atoms with E-state index in [0.717, 1.165) is 9.81 Å². The Bertz CT molecular complexity index is 79.8. The molecule has 1 heterocycles. The van der Waals surface area contributed by atoms with E-state index < -0.39 is 0 Å². The summed E-state index contributed by atoms with van der Waals surface area (Å²) in [6, 6.07) is 0. The molecule has 5 heavy (non-hydrogen) atoms. The zero-order valence-corrected chi connectivity index (χ0v) is 3.38. The lowest BCUT2D eigenvalue weighted by Crippen LogP contribution is -1.23. The van der Waals surface area contributed by atoms with E-state index in [1.54, 1.807) is 0 Å². The van der Waals surface area contributed by atoms with Crippen molar-refractivity contribution < 1.29 is 0 Å². The minimum absolute atomic E-state index is 0.782. The van der Waals surface area contributed by atoms with E-state index in [4.69, 9.17) is 13.2 Å². The van der Waals surface area contributed by atoms with Gasteiger partial charge in [0.1, 0.15) is 0 Å². The average molecular weight is 82.1 g/mol. The normalized spacial score (nSPS) is 20.0. The maximum atomic E-state index is 5.08. The number of thioether (sulfide) groups is 1. The van der Waals surface area contributed by atoms with Gasteiger partial charge >= 0.3 is 0 Å². The van der Waals surface area contributed by atoms with E-state index in [0.29, 0.717) is 0 Å². The minimum Gasteiger partial charge on any atom is -0.0877 e. The highest BCUT2D eigenvalue weighted by atomic mass is 32.2. The van der Waals surface area contributed by atoms with Crippen LogP contribution in [0.25, 0.3) is 0 Å². The van der Waals surface area contributed by atoms with Crippen molar-refractivity contribution >= 4 is 11.8 Å². The van der Waals surface area contributed by atoms with E-state index in [1.807, 2.05) is 0 Å². The lowest BCUT2D eigenvalue weighted by molar-refractivity contribution is 2.08. The SMILES string of the molecule is [CH]=C1SC1=[CH]. The molecule has 1 rings (SSSR count). The van der Waals surface area contributed by atoms with Crippen LogP contribution in [0.4, 0.5) is 0 Å². The highest BCUT2D eigenvalue weighted by Crippen LogP contribution is 2.47. The number of hydrogen-bond acceptors (Lipinski definition) is 1. The van der Waals surface area contributed by atoms with Gasteiger partial charge in [-0.25, -0.2) is 0 Å². The summed E-state index contributed by atoms with van der Waals surface area (Å²) in [4.78, 5) is 1.56. The number of hydrogen-bond donors (Lipinski definition) is 0. The largest absolute Gasteiger partial charge is 0.0877 e. The molecule has 0 atom stereocenters. The van der Waals surface area contributed by atoms with Crippen molar-refractivity contribution in [1.29, 1.82) is 0 Å². The molecule has 0 bridgehead atoms. The maximum Gasteiger partial charge on any atom is 0.0262 e. The highest BCUT2D eigenvalue weighted by molar-refractivity contribution is 8.16. The molecular weight excluding hydrogens is 80.1 g/mol. The average Bonchev–Trinajstić information content (AvgIpc) is 1.79. The Morgan fingerprint density at radius 1 is 1.20 bits per heavy atom. The molecule has 0 aliphatic carbocycles. The minimum atomic E-state index is 0.782. The Morgan fingerprint density at radius 3 is 1.40 bits per heavy atom. The Morgan fingerprint density at radius 2 is 1.40 bits per heavy atom. The summed E-state index contributed by atoms with van der Waals surface area (Å²) in [6.45, 7) is 10.2. The van der Waals surface area contributed by atoms with Crippen LogP contribution in [0.1, 0.15) is 0 Å². The Labute approximate surface area is 35.6 Å². The first-order chi connectivity index (χ1) is 2.30. The fourth-order valence-corrected chi connectivity index (χ4v) is 0.279. The van der Waals surface area contributed by atoms with Gasteiger partial charge in [-0.15, -0.1) is 0 Å². The standard InChI is InChI=1S/C4H2S/c1-3-4(2)5-3/h1-2H. The molecule has 1 aliphatic heterocycles. The van der Waals surface area contributed by atoms with E-state index in [9.17, 15) is 0 Å². The van der Waals surface area contributed by atoms with E-state index in [-0.39, 0.29) is 0 Å². The predicted molar refractivity (Wildman–Crippen MR) is 23.2 cm³/mol. The lowest BCUT2D eigenvalue weighted by atomic mass is 10.6. The third-order valence-corrected chi connectivity index (χ3v) is 1.10. The third-order valence-electron chi connectivity index (χ3n) is 0.421. The van der Waals surface area contributed by atoms with Crippen LogP contribution < -0.4 is 0 Å². The van der Waals surface area contributed by atoms with Crippen molar-refractivity contribution in [2.75, 3.05) is 0 Å². The van der Waals surface area contributed by atoms with Crippen LogP contribution in [-0.2, 0) is 0 Å². The van der Waals surface area contributed by atoms with Crippen LogP contribution >= 0.6 is 11.8 Å². The summed E-state index contributed by atoms with van der Waals surface area (Å²) >= 11 is 1.44. The fraction of sp³-hybridized carbons (Fsp3) is 0. The smallest absolute Gasteiger partial charge is 0.0262 e. The molecule has 0 aromatic heterocycles. The van der Waals surface area contributed by atoms with Crippen molar-refractivity contribution in [1.82, 2.24) is 0 Å². The Hall–Kier alpha value is -0.170.